The van der Waals surface area contributed by atoms with Crippen LogP contribution in [-0.4, -0.2) is 36.6 Å². The highest BCUT2D eigenvalue weighted by molar-refractivity contribution is 7.21. The number of carbonyl (C=O) groups is 1. The lowest BCUT2D eigenvalue weighted by Gasteiger charge is -2.30. The van der Waals surface area contributed by atoms with E-state index in [0.717, 1.165) is 10.1 Å². The van der Waals surface area contributed by atoms with Crippen molar-refractivity contribution in [1.82, 2.24) is 4.90 Å². The van der Waals surface area contributed by atoms with Gasteiger partial charge in [-0.2, -0.15) is 0 Å². The van der Waals surface area contributed by atoms with Gasteiger partial charge in [-0.25, -0.2) is 0 Å². The van der Waals surface area contributed by atoms with E-state index in [4.69, 9.17) is 16.3 Å². The van der Waals surface area contributed by atoms with Crippen molar-refractivity contribution in [2.75, 3.05) is 19.7 Å². The number of halogens is 1. The molecule has 0 N–H and O–H groups in total. The zero-order chi connectivity index (χ0) is 13.4. The third-order valence-corrected chi connectivity index (χ3v) is 4.92. The van der Waals surface area contributed by atoms with Gasteiger partial charge < -0.3 is 9.64 Å². The summed E-state index contributed by atoms with van der Waals surface area (Å²) < 4.78 is 6.51. The SMILES string of the molecule is CC1CN(C(=O)c2sc3ccccc3c2Cl)CCO1. The number of morpholine rings is 1. The van der Waals surface area contributed by atoms with Crippen molar-refractivity contribution >= 4 is 38.9 Å². The maximum Gasteiger partial charge on any atom is 0.265 e. The third-order valence-electron chi connectivity index (χ3n) is 3.26. The molecule has 1 aliphatic heterocycles. The summed E-state index contributed by atoms with van der Waals surface area (Å²) >= 11 is 7.80. The smallest absolute Gasteiger partial charge is 0.265 e. The number of fused-ring (bicyclic) bond motifs is 1. The van der Waals surface area contributed by atoms with Gasteiger partial charge in [0.05, 0.1) is 17.7 Å². The van der Waals surface area contributed by atoms with Gasteiger partial charge in [0.25, 0.3) is 5.91 Å². The molecule has 0 spiro atoms. The maximum absolute atomic E-state index is 12.5. The third kappa shape index (κ3) is 2.36. The second-order valence-corrected chi connectivity index (χ2v) is 6.10. The Morgan fingerprint density at radius 2 is 2.26 bits per heavy atom. The van der Waals surface area contributed by atoms with Crippen molar-refractivity contribution in [3.8, 4) is 0 Å². The molecular weight excluding hydrogens is 282 g/mol. The van der Waals surface area contributed by atoms with Gasteiger partial charge in [0.2, 0.25) is 0 Å². The number of benzene rings is 1. The summed E-state index contributed by atoms with van der Waals surface area (Å²) in [7, 11) is 0. The number of hydrogen-bond acceptors (Lipinski definition) is 3. The molecule has 0 aliphatic carbocycles. The van der Waals surface area contributed by atoms with Gasteiger partial charge in [0.15, 0.2) is 0 Å². The zero-order valence-corrected chi connectivity index (χ0v) is 12.1. The van der Waals surface area contributed by atoms with Crippen molar-refractivity contribution in [3.05, 3.63) is 34.2 Å². The Kier molecular flexibility index (Phi) is 3.48. The minimum atomic E-state index is 0.0151. The van der Waals surface area contributed by atoms with Crippen LogP contribution in [0.5, 0.6) is 0 Å². The predicted molar refractivity (Wildman–Crippen MR) is 78.2 cm³/mol. The largest absolute Gasteiger partial charge is 0.375 e. The molecule has 5 heteroatoms. The molecule has 1 aromatic carbocycles. The molecular formula is C14H14ClNO2S. The summed E-state index contributed by atoms with van der Waals surface area (Å²) in [6.45, 7) is 3.83. The van der Waals surface area contributed by atoms with Crippen LogP contribution >= 0.6 is 22.9 Å². The quantitative estimate of drug-likeness (QED) is 0.807. The van der Waals surface area contributed by atoms with E-state index in [0.29, 0.717) is 29.6 Å². The van der Waals surface area contributed by atoms with Crippen molar-refractivity contribution in [2.45, 2.75) is 13.0 Å². The van der Waals surface area contributed by atoms with Crippen molar-refractivity contribution in [2.24, 2.45) is 0 Å². The molecule has 1 amide bonds. The summed E-state index contributed by atoms with van der Waals surface area (Å²) in [4.78, 5) is 15.0. The monoisotopic (exact) mass is 295 g/mol. The number of thiophene rings is 1. The van der Waals surface area contributed by atoms with Crippen LogP contribution in [-0.2, 0) is 4.74 Å². The molecule has 1 aliphatic rings. The minimum absolute atomic E-state index is 0.0151. The molecule has 1 unspecified atom stereocenters. The Hall–Kier alpha value is -1.10. The fourth-order valence-electron chi connectivity index (χ4n) is 2.30. The van der Waals surface area contributed by atoms with Crippen LogP contribution < -0.4 is 0 Å². The molecule has 1 aromatic heterocycles. The van der Waals surface area contributed by atoms with E-state index in [-0.39, 0.29) is 12.0 Å². The molecule has 3 nitrogen and oxygen atoms in total. The first-order chi connectivity index (χ1) is 9.16. The van der Waals surface area contributed by atoms with Crippen LogP contribution in [0.2, 0.25) is 5.02 Å². The van der Waals surface area contributed by atoms with Crippen LogP contribution in [0.4, 0.5) is 0 Å². The zero-order valence-electron chi connectivity index (χ0n) is 10.6. The predicted octanol–water partition coefficient (Wildman–Crippen LogP) is 3.42. The molecule has 19 heavy (non-hydrogen) atoms. The summed E-state index contributed by atoms with van der Waals surface area (Å²) in [6, 6.07) is 7.84. The minimum Gasteiger partial charge on any atom is -0.375 e. The van der Waals surface area contributed by atoms with E-state index in [1.807, 2.05) is 36.1 Å². The Balaban J connectivity index is 1.95. The Labute approximate surface area is 120 Å². The van der Waals surface area contributed by atoms with Gasteiger partial charge in [-0.05, 0) is 13.0 Å². The van der Waals surface area contributed by atoms with E-state index >= 15 is 0 Å². The van der Waals surface area contributed by atoms with Crippen LogP contribution in [0.25, 0.3) is 10.1 Å². The van der Waals surface area contributed by atoms with Gasteiger partial charge in [0, 0.05) is 23.2 Å². The molecule has 1 fully saturated rings. The van der Waals surface area contributed by atoms with Crippen LogP contribution in [0, 0.1) is 0 Å². The van der Waals surface area contributed by atoms with Crippen LogP contribution in [0.15, 0.2) is 24.3 Å². The van der Waals surface area contributed by atoms with E-state index < -0.39 is 0 Å². The van der Waals surface area contributed by atoms with Crippen LogP contribution in [0.3, 0.4) is 0 Å². The van der Waals surface area contributed by atoms with Gasteiger partial charge >= 0.3 is 0 Å². The van der Waals surface area contributed by atoms with E-state index in [1.165, 1.54) is 11.3 Å². The van der Waals surface area contributed by atoms with Crippen LogP contribution in [0.1, 0.15) is 16.6 Å². The highest BCUT2D eigenvalue weighted by Crippen LogP contribution is 2.36. The highest BCUT2D eigenvalue weighted by Gasteiger charge is 2.26. The topological polar surface area (TPSA) is 29.5 Å². The molecule has 0 bridgehead atoms. The van der Waals surface area contributed by atoms with Gasteiger partial charge in [-0.3, -0.25) is 4.79 Å². The lowest BCUT2D eigenvalue weighted by Crippen LogP contribution is -2.44. The Bertz CT molecular complexity index is 625. The Morgan fingerprint density at radius 3 is 3.00 bits per heavy atom. The fraction of sp³-hybridized carbons (Fsp3) is 0.357. The van der Waals surface area contributed by atoms with Gasteiger partial charge in [-0.1, -0.05) is 29.8 Å². The van der Waals surface area contributed by atoms with Gasteiger partial charge in [-0.15, -0.1) is 11.3 Å². The summed E-state index contributed by atoms with van der Waals surface area (Å²) in [5, 5.41) is 1.53. The summed E-state index contributed by atoms with van der Waals surface area (Å²) in [5.41, 5.74) is 0. The number of rotatable bonds is 1. The second-order valence-electron chi connectivity index (χ2n) is 4.67. The number of ether oxygens (including phenoxy) is 1. The fourth-order valence-corrected chi connectivity index (χ4v) is 3.78. The Morgan fingerprint density at radius 1 is 1.47 bits per heavy atom. The number of hydrogen-bond donors (Lipinski definition) is 0. The number of amides is 1. The standard InChI is InChI=1S/C14H14ClNO2S/c1-9-8-16(6-7-18-9)14(17)13-12(15)10-4-2-3-5-11(10)19-13/h2-5,9H,6-8H2,1H3. The summed E-state index contributed by atoms with van der Waals surface area (Å²) in [5.74, 6) is 0.0151. The van der Waals surface area contributed by atoms with E-state index in [1.54, 1.807) is 0 Å². The molecule has 2 heterocycles. The molecule has 0 saturated carbocycles. The first-order valence-electron chi connectivity index (χ1n) is 6.24. The first-order valence-corrected chi connectivity index (χ1v) is 7.44. The van der Waals surface area contributed by atoms with Crippen molar-refractivity contribution in [3.63, 3.8) is 0 Å². The van der Waals surface area contributed by atoms with Crippen molar-refractivity contribution in [1.29, 1.82) is 0 Å². The lowest BCUT2D eigenvalue weighted by atomic mass is 10.2. The molecule has 1 saturated heterocycles. The lowest BCUT2D eigenvalue weighted by molar-refractivity contribution is -0.0122. The van der Waals surface area contributed by atoms with Crippen molar-refractivity contribution < 1.29 is 9.53 Å². The normalized spacial score (nSPS) is 19.9. The van der Waals surface area contributed by atoms with E-state index in [9.17, 15) is 4.79 Å². The molecule has 2 aromatic rings. The number of carbonyl (C=O) groups excluding carboxylic acids is 1. The molecule has 1 atom stereocenters. The second kappa shape index (κ2) is 5.12. The first kappa shape index (κ1) is 12.9. The molecule has 3 rings (SSSR count). The summed E-state index contributed by atoms with van der Waals surface area (Å²) in [6.07, 6.45) is 0.0888. The van der Waals surface area contributed by atoms with Gasteiger partial charge in [0.1, 0.15) is 4.88 Å². The van der Waals surface area contributed by atoms with E-state index in [2.05, 4.69) is 0 Å². The average molecular weight is 296 g/mol. The average Bonchev–Trinajstić information content (AvgIpc) is 2.76. The molecule has 100 valence electrons. The highest BCUT2D eigenvalue weighted by atomic mass is 35.5. The molecule has 0 radical (unpaired) electrons. The maximum atomic E-state index is 12.5. The number of nitrogens with zero attached hydrogens (tertiary/aromatic N) is 1.